The standard InChI is InChI=1S/C17H16FNO3/c1-11-7-8-13(12(2)9-11)17(21)22-10-16(20)19-15-6-4-3-5-14(15)18/h3-9H,10H2,1-2H3,(H,19,20). The molecule has 114 valence electrons. The molecule has 0 heterocycles. The zero-order valence-electron chi connectivity index (χ0n) is 12.4. The lowest BCUT2D eigenvalue weighted by Gasteiger charge is -2.09. The molecule has 0 bridgehead atoms. The van der Waals surface area contributed by atoms with Crippen LogP contribution >= 0.6 is 0 Å². The van der Waals surface area contributed by atoms with Crippen LogP contribution in [0, 0.1) is 19.7 Å². The van der Waals surface area contributed by atoms with Gasteiger partial charge in [-0.25, -0.2) is 9.18 Å². The zero-order chi connectivity index (χ0) is 16.1. The topological polar surface area (TPSA) is 55.4 Å². The van der Waals surface area contributed by atoms with E-state index in [0.717, 1.165) is 11.1 Å². The van der Waals surface area contributed by atoms with Gasteiger partial charge in [0.05, 0.1) is 11.3 Å². The molecule has 0 unspecified atom stereocenters. The second-order valence-corrected chi connectivity index (χ2v) is 4.92. The molecule has 0 saturated carbocycles. The summed E-state index contributed by atoms with van der Waals surface area (Å²) in [6, 6.07) is 11.1. The Morgan fingerprint density at radius 2 is 1.86 bits per heavy atom. The molecule has 0 aromatic heterocycles. The maximum atomic E-state index is 13.4. The monoisotopic (exact) mass is 301 g/mol. The van der Waals surface area contributed by atoms with Crippen molar-refractivity contribution in [1.82, 2.24) is 0 Å². The molecular formula is C17H16FNO3. The summed E-state index contributed by atoms with van der Waals surface area (Å²) in [5, 5.41) is 2.35. The number of halogens is 1. The molecule has 5 heteroatoms. The van der Waals surface area contributed by atoms with Gasteiger partial charge >= 0.3 is 5.97 Å². The molecule has 22 heavy (non-hydrogen) atoms. The first kappa shape index (κ1) is 15.7. The highest BCUT2D eigenvalue weighted by atomic mass is 19.1. The summed E-state index contributed by atoms with van der Waals surface area (Å²) < 4.78 is 18.3. The van der Waals surface area contributed by atoms with Gasteiger partial charge < -0.3 is 10.1 Å². The molecule has 0 spiro atoms. The van der Waals surface area contributed by atoms with E-state index in [4.69, 9.17) is 4.74 Å². The molecule has 2 rings (SSSR count). The molecule has 0 fully saturated rings. The van der Waals surface area contributed by atoms with Crippen LogP contribution in [0.3, 0.4) is 0 Å². The summed E-state index contributed by atoms with van der Waals surface area (Å²) in [5.41, 5.74) is 2.27. The van der Waals surface area contributed by atoms with Crippen molar-refractivity contribution in [3.05, 3.63) is 65.0 Å². The van der Waals surface area contributed by atoms with E-state index in [1.807, 2.05) is 13.0 Å². The van der Waals surface area contributed by atoms with Crippen LogP contribution in [0.25, 0.3) is 0 Å². The summed E-state index contributed by atoms with van der Waals surface area (Å²) in [6.45, 7) is 3.24. The minimum atomic E-state index is -0.594. The number of benzene rings is 2. The number of amides is 1. The van der Waals surface area contributed by atoms with Crippen molar-refractivity contribution in [2.75, 3.05) is 11.9 Å². The lowest BCUT2D eigenvalue weighted by molar-refractivity contribution is -0.119. The third-order valence-corrected chi connectivity index (χ3v) is 3.08. The number of anilines is 1. The molecule has 2 aromatic rings. The third kappa shape index (κ3) is 3.91. The summed E-state index contributed by atoms with van der Waals surface area (Å²) in [6.07, 6.45) is 0. The first-order valence-corrected chi connectivity index (χ1v) is 6.76. The number of nitrogens with one attached hydrogen (secondary N) is 1. The Morgan fingerprint density at radius 3 is 2.55 bits per heavy atom. The number of ether oxygens (including phenoxy) is 1. The maximum absolute atomic E-state index is 13.4. The highest BCUT2D eigenvalue weighted by molar-refractivity contribution is 5.96. The van der Waals surface area contributed by atoms with Crippen molar-refractivity contribution in [2.45, 2.75) is 13.8 Å². The molecule has 0 aliphatic carbocycles. The van der Waals surface area contributed by atoms with Crippen molar-refractivity contribution >= 4 is 17.6 Å². The predicted molar refractivity (Wildman–Crippen MR) is 81.2 cm³/mol. The fraction of sp³-hybridized carbons (Fsp3) is 0.176. The Balaban J connectivity index is 1.93. The summed E-state index contributed by atoms with van der Waals surface area (Å²) in [7, 11) is 0. The largest absolute Gasteiger partial charge is 0.452 e. The predicted octanol–water partition coefficient (Wildman–Crippen LogP) is 3.24. The number of carbonyl (C=O) groups excluding carboxylic acids is 2. The first-order chi connectivity index (χ1) is 10.5. The number of carbonyl (C=O) groups is 2. The Morgan fingerprint density at radius 1 is 1.14 bits per heavy atom. The minimum Gasteiger partial charge on any atom is -0.452 e. The van der Waals surface area contributed by atoms with E-state index in [-0.39, 0.29) is 5.69 Å². The third-order valence-electron chi connectivity index (χ3n) is 3.08. The second-order valence-electron chi connectivity index (χ2n) is 4.92. The normalized spacial score (nSPS) is 10.1. The molecule has 0 aliphatic heterocycles. The Hall–Kier alpha value is -2.69. The highest BCUT2D eigenvalue weighted by Gasteiger charge is 2.13. The number of para-hydroxylation sites is 1. The summed E-state index contributed by atoms with van der Waals surface area (Å²) in [5.74, 6) is -1.72. The van der Waals surface area contributed by atoms with Gasteiger partial charge in [-0.05, 0) is 37.6 Å². The van der Waals surface area contributed by atoms with Crippen molar-refractivity contribution < 1.29 is 18.7 Å². The first-order valence-electron chi connectivity index (χ1n) is 6.76. The summed E-state index contributed by atoms with van der Waals surface area (Å²) >= 11 is 0. The Bertz CT molecular complexity index is 713. The van der Waals surface area contributed by atoms with E-state index in [9.17, 15) is 14.0 Å². The van der Waals surface area contributed by atoms with Crippen molar-refractivity contribution in [3.63, 3.8) is 0 Å². The van der Waals surface area contributed by atoms with E-state index >= 15 is 0 Å². The molecule has 2 aromatic carbocycles. The van der Waals surface area contributed by atoms with Gasteiger partial charge in [0.2, 0.25) is 0 Å². The lowest BCUT2D eigenvalue weighted by atomic mass is 10.1. The zero-order valence-corrected chi connectivity index (χ0v) is 12.4. The average molecular weight is 301 g/mol. The molecular weight excluding hydrogens is 285 g/mol. The van der Waals surface area contributed by atoms with E-state index in [2.05, 4.69) is 5.32 Å². The van der Waals surface area contributed by atoms with Crippen molar-refractivity contribution in [1.29, 1.82) is 0 Å². The van der Waals surface area contributed by atoms with Crippen LogP contribution in [0.2, 0.25) is 0 Å². The van der Waals surface area contributed by atoms with Crippen molar-refractivity contribution in [2.24, 2.45) is 0 Å². The number of hydrogen-bond donors (Lipinski definition) is 1. The van der Waals surface area contributed by atoms with E-state index in [1.54, 1.807) is 25.1 Å². The fourth-order valence-corrected chi connectivity index (χ4v) is 2.00. The van der Waals surface area contributed by atoms with Gasteiger partial charge in [0.25, 0.3) is 5.91 Å². The van der Waals surface area contributed by atoms with Gasteiger partial charge in [-0.15, -0.1) is 0 Å². The lowest BCUT2D eigenvalue weighted by Crippen LogP contribution is -2.21. The van der Waals surface area contributed by atoms with Gasteiger partial charge in [-0.2, -0.15) is 0 Å². The SMILES string of the molecule is Cc1ccc(C(=O)OCC(=O)Nc2ccccc2F)c(C)c1. The molecule has 0 atom stereocenters. The highest BCUT2D eigenvalue weighted by Crippen LogP contribution is 2.13. The van der Waals surface area contributed by atoms with Gasteiger partial charge in [0.1, 0.15) is 5.82 Å². The van der Waals surface area contributed by atoms with Crippen LogP contribution < -0.4 is 5.32 Å². The van der Waals surface area contributed by atoms with E-state index < -0.39 is 24.3 Å². The Labute approximate surface area is 127 Å². The fourth-order valence-electron chi connectivity index (χ4n) is 2.00. The van der Waals surface area contributed by atoms with Gasteiger partial charge in [-0.1, -0.05) is 29.8 Å². The molecule has 0 saturated heterocycles. The average Bonchev–Trinajstić information content (AvgIpc) is 2.47. The van der Waals surface area contributed by atoms with Crippen LogP contribution in [-0.2, 0) is 9.53 Å². The van der Waals surface area contributed by atoms with Crippen LogP contribution in [0.5, 0.6) is 0 Å². The number of rotatable bonds is 4. The molecule has 0 aliphatic rings. The Kier molecular flexibility index (Phi) is 4.88. The van der Waals surface area contributed by atoms with Crippen LogP contribution in [0.15, 0.2) is 42.5 Å². The van der Waals surface area contributed by atoms with E-state index in [0.29, 0.717) is 5.56 Å². The molecule has 1 amide bonds. The van der Waals surface area contributed by atoms with Crippen LogP contribution in [0.1, 0.15) is 21.5 Å². The van der Waals surface area contributed by atoms with Crippen molar-refractivity contribution in [3.8, 4) is 0 Å². The number of aryl methyl sites for hydroxylation is 2. The van der Waals surface area contributed by atoms with Crippen LogP contribution in [0.4, 0.5) is 10.1 Å². The quantitative estimate of drug-likeness (QED) is 0.882. The smallest absolute Gasteiger partial charge is 0.338 e. The maximum Gasteiger partial charge on any atom is 0.338 e. The van der Waals surface area contributed by atoms with Gasteiger partial charge in [0.15, 0.2) is 6.61 Å². The van der Waals surface area contributed by atoms with E-state index in [1.165, 1.54) is 18.2 Å². The second kappa shape index (κ2) is 6.85. The number of hydrogen-bond acceptors (Lipinski definition) is 3. The summed E-state index contributed by atoms with van der Waals surface area (Å²) in [4.78, 5) is 23.6. The molecule has 1 N–H and O–H groups in total. The minimum absolute atomic E-state index is 0.0510. The molecule has 0 radical (unpaired) electrons. The van der Waals surface area contributed by atoms with Gasteiger partial charge in [0, 0.05) is 0 Å². The van der Waals surface area contributed by atoms with Gasteiger partial charge in [-0.3, -0.25) is 4.79 Å². The number of esters is 1. The molecule has 4 nitrogen and oxygen atoms in total. The van der Waals surface area contributed by atoms with Crippen LogP contribution in [-0.4, -0.2) is 18.5 Å².